The van der Waals surface area contributed by atoms with Gasteiger partial charge in [-0.25, -0.2) is 4.98 Å². The Morgan fingerprint density at radius 3 is 2.74 bits per heavy atom. The van der Waals surface area contributed by atoms with E-state index in [2.05, 4.69) is 10.3 Å². The minimum Gasteiger partial charge on any atom is -0.497 e. The number of hydrogen-bond acceptors (Lipinski definition) is 6. The number of aromatic nitrogens is 1. The van der Waals surface area contributed by atoms with E-state index in [4.69, 9.17) is 9.47 Å². The van der Waals surface area contributed by atoms with Crippen LogP contribution in [-0.4, -0.2) is 30.9 Å². The first-order valence-electron chi connectivity index (χ1n) is 8.27. The van der Waals surface area contributed by atoms with Crippen LogP contribution in [0.4, 0.5) is 5.13 Å². The molecule has 0 saturated heterocycles. The summed E-state index contributed by atoms with van der Waals surface area (Å²) in [5, 5.41) is 5.31. The lowest BCUT2D eigenvalue weighted by atomic mass is 10.1. The molecule has 0 saturated carbocycles. The van der Waals surface area contributed by atoms with Gasteiger partial charge in [0.05, 0.1) is 25.7 Å². The number of hydrogen-bond donors (Lipinski definition) is 1. The Hall–Kier alpha value is -2.51. The summed E-state index contributed by atoms with van der Waals surface area (Å²) in [5.74, 6) is 1.68. The van der Waals surface area contributed by atoms with E-state index in [1.54, 1.807) is 14.2 Å². The molecule has 0 radical (unpaired) electrons. The SMILES string of the molecule is COc1ccc(OC)c(-c2csc(NC(=O)CSc3ccccc3C)n2)c1. The molecule has 0 aliphatic carbocycles. The highest BCUT2D eigenvalue weighted by Crippen LogP contribution is 2.35. The molecule has 0 fully saturated rings. The van der Waals surface area contributed by atoms with Crippen molar-refractivity contribution in [3.05, 3.63) is 53.4 Å². The van der Waals surface area contributed by atoms with Crippen LogP contribution in [0.1, 0.15) is 5.56 Å². The van der Waals surface area contributed by atoms with Crippen LogP contribution in [0.2, 0.25) is 0 Å². The van der Waals surface area contributed by atoms with Crippen molar-refractivity contribution < 1.29 is 14.3 Å². The molecule has 5 nitrogen and oxygen atoms in total. The van der Waals surface area contributed by atoms with E-state index >= 15 is 0 Å². The van der Waals surface area contributed by atoms with Crippen molar-refractivity contribution in [2.45, 2.75) is 11.8 Å². The molecule has 0 aliphatic heterocycles. The fraction of sp³-hybridized carbons (Fsp3) is 0.200. The first-order valence-corrected chi connectivity index (χ1v) is 10.1. The molecule has 1 aromatic heterocycles. The van der Waals surface area contributed by atoms with Gasteiger partial charge in [-0.3, -0.25) is 4.79 Å². The number of nitrogens with one attached hydrogen (secondary N) is 1. The number of thiazole rings is 1. The van der Waals surface area contributed by atoms with Crippen molar-refractivity contribution in [1.29, 1.82) is 0 Å². The monoisotopic (exact) mass is 400 g/mol. The maximum absolute atomic E-state index is 12.3. The Morgan fingerprint density at radius 2 is 2.00 bits per heavy atom. The lowest BCUT2D eigenvalue weighted by Gasteiger charge is -2.08. The molecule has 140 valence electrons. The van der Waals surface area contributed by atoms with Crippen molar-refractivity contribution in [2.24, 2.45) is 0 Å². The lowest BCUT2D eigenvalue weighted by molar-refractivity contribution is -0.113. The third kappa shape index (κ3) is 4.81. The summed E-state index contributed by atoms with van der Waals surface area (Å²) >= 11 is 2.90. The zero-order chi connectivity index (χ0) is 19.2. The van der Waals surface area contributed by atoms with Crippen molar-refractivity contribution in [3.8, 4) is 22.8 Å². The molecular formula is C20H20N2O3S2. The molecule has 0 atom stereocenters. The number of benzene rings is 2. The van der Waals surface area contributed by atoms with Gasteiger partial charge < -0.3 is 14.8 Å². The number of rotatable bonds is 7. The summed E-state index contributed by atoms with van der Waals surface area (Å²) < 4.78 is 10.7. The van der Waals surface area contributed by atoms with Gasteiger partial charge in [-0.15, -0.1) is 23.1 Å². The van der Waals surface area contributed by atoms with E-state index in [9.17, 15) is 4.79 Å². The minimum absolute atomic E-state index is 0.0817. The van der Waals surface area contributed by atoms with Crippen LogP contribution in [0.5, 0.6) is 11.5 Å². The van der Waals surface area contributed by atoms with Gasteiger partial charge in [-0.2, -0.15) is 0 Å². The number of ether oxygens (including phenoxy) is 2. The molecule has 3 aromatic rings. The molecule has 1 heterocycles. The average molecular weight is 401 g/mol. The Balaban J connectivity index is 1.67. The topological polar surface area (TPSA) is 60.5 Å². The summed E-state index contributed by atoms with van der Waals surface area (Å²) in [6.45, 7) is 2.04. The van der Waals surface area contributed by atoms with Gasteiger partial charge in [0.25, 0.3) is 0 Å². The second-order valence-electron chi connectivity index (χ2n) is 5.71. The second kappa shape index (κ2) is 8.92. The van der Waals surface area contributed by atoms with Gasteiger partial charge in [-0.1, -0.05) is 18.2 Å². The Morgan fingerprint density at radius 1 is 1.19 bits per heavy atom. The Kier molecular flexibility index (Phi) is 6.36. The summed E-state index contributed by atoms with van der Waals surface area (Å²) in [7, 11) is 3.23. The molecule has 0 aliphatic rings. The van der Waals surface area contributed by atoms with E-state index in [-0.39, 0.29) is 5.91 Å². The predicted molar refractivity (Wildman–Crippen MR) is 111 cm³/mol. The van der Waals surface area contributed by atoms with E-state index in [1.165, 1.54) is 23.1 Å². The van der Waals surface area contributed by atoms with Crippen LogP contribution in [0.15, 0.2) is 52.7 Å². The van der Waals surface area contributed by atoms with Crippen LogP contribution < -0.4 is 14.8 Å². The van der Waals surface area contributed by atoms with Gasteiger partial charge in [0.15, 0.2) is 5.13 Å². The van der Waals surface area contributed by atoms with E-state index in [0.717, 1.165) is 27.5 Å². The van der Waals surface area contributed by atoms with Gasteiger partial charge in [0, 0.05) is 15.8 Å². The first-order chi connectivity index (χ1) is 13.1. The van der Waals surface area contributed by atoms with Gasteiger partial charge >= 0.3 is 0 Å². The van der Waals surface area contributed by atoms with Gasteiger partial charge in [0.2, 0.25) is 5.91 Å². The summed E-state index contributed by atoms with van der Waals surface area (Å²) in [5.41, 5.74) is 2.72. The molecule has 0 spiro atoms. The van der Waals surface area contributed by atoms with Crippen molar-refractivity contribution >= 4 is 34.1 Å². The quantitative estimate of drug-likeness (QED) is 0.574. The van der Waals surface area contributed by atoms with Crippen LogP contribution in [-0.2, 0) is 4.79 Å². The largest absolute Gasteiger partial charge is 0.497 e. The number of amides is 1. The van der Waals surface area contributed by atoms with Crippen molar-refractivity contribution in [2.75, 3.05) is 25.3 Å². The highest BCUT2D eigenvalue weighted by atomic mass is 32.2. The number of methoxy groups -OCH3 is 2. The second-order valence-corrected chi connectivity index (χ2v) is 7.58. The maximum Gasteiger partial charge on any atom is 0.236 e. The van der Waals surface area contributed by atoms with Crippen molar-refractivity contribution in [1.82, 2.24) is 4.98 Å². The number of thioether (sulfide) groups is 1. The zero-order valence-corrected chi connectivity index (χ0v) is 16.9. The highest BCUT2D eigenvalue weighted by Gasteiger charge is 2.13. The molecule has 3 rings (SSSR count). The molecule has 1 amide bonds. The molecule has 7 heteroatoms. The number of aryl methyl sites for hydroxylation is 1. The van der Waals surface area contributed by atoms with E-state index in [0.29, 0.717) is 16.6 Å². The van der Waals surface area contributed by atoms with Crippen LogP contribution in [0.25, 0.3) is 11.3 Å². The molecule has 2 aromatic carbocycles. The summed E-state index contributed by atoms with van der Waals surface area (Å²) in [6.07, 6.45) is 0. The average Bonchev–Trinajstić information content (AvgIpc) is 3.15. The smallest absolute Gasteiger partial charge is 0.236 e. The molecule has 1 N–H and O–H groups in total. The van der Waals surface area contributed by atoms with Crippen molar-refractivity contribution in [3.63, 3.8) is 0 Å². The maximum atomic E-state index is 12.3. The third-order valence-corrected chi connectivity index (χ3v) is 5.82. The zero-order valence-electron chi connectivity index (χ0n) is 15.3. The fourth-order valence-corrected chi connectivity index (χ4v) is 4.04. The summed E-state index contributed by atoms with van der Waals surface area (Å²) in [6, 6.07) is 13.6. The number of carbonyl (C=O) groups excluding carboxylic acids is 1. The lowest BCUT2D eigenvalue weighted by Crippen LogP contribution is -2.13. The predicted octanol–water partition coefficient (Wildman–Crippen LogP) is 4.87. The molecule has 27 heavy (non-hydrogen) atoms. The minimum atomic E-state index is -0.0817. The van der Waals surface area contributed by atoms with E-state index < -0.39 is 0 Å². The summed E-state index contributed by atoms with van der Waals surface area (Å²) in [4.78, 5) is 17.9. The number of carbonyl (C=O) groups is 1. The first kappa shape index (κ1) is 19.3. The number of nitrogens with zero attached hydrogens (tertiary/aromatic N) is 1. The Bertz CT molecular complexity index is 940. The van der Waals surface area contributed by atoms with Crippen LogP contribution in [0, 0.1) is 6.92 Å². The number of anilines is 1. The van der Waals surface area contributed by atoms with Crippen LogP contribution >= 0.6 is 23.1 Å². The standard InChI is InChI=1S/C20H20N2O3S2/c1-13-6-4-5-7-18(13)26-12-19(23)22-20-21-16(11-27-20)15-10-14(24-2)8-9-17(15)25-3/h4-11H,12H2,1-3H3,(H,21,22,23). The highest BCUT2D eigenvalue weighted by molar-refractivity contribution is 8.00. The fourth-order valence-electron chi connectivity index (χ4n) is 2.49. The van der Waals surface area contributed by atoms with E-state index in [1.807, 2.05) is 54.8 Å². The molecule has 0 bridgehead atoms. The molecule has 0 unspecified atom stereocenters. The molecular weight excluding hydrogens is 380 g/mol. The normalized spacial score (nSPS) is 10.5. The van der Waals surface area contributed by atoms with Gasteiger partial charge in [0.1, 0.15) is 11.5 Å². The van der Waals surface area contributed by atoms with Crippen LogP contribution in [0.3, 0.4) is 0 Å². The third-order valence-electron chi connectivity index (χ3n) is 3.89. The van der Waals surface area contributed by atoms with Gasteiger partial charge in [-0.05, 0) is 36.8 Å². The Labute approximate surface area is 166 Å².